The second-order valence-corrected chi connectivity index (χ2v) is 6.12. The van der Waals surface area contributed by atoms with Crippen LogP contribution in [0.4, 0.5) is 0 Å². The van der Waals surface area contributed by atoms with Gasteiger partial charge in [-0.1, -0.05) is 72.8 Å². The quantitative estimate of drug-likeness (QED) is 0.605. The fraction of sp³-hybridized carbons (Fsp3) is 0.130. The predicted octanol–water partition coefficient (Wildman–Crippen LogP) is 5.64. The minimum atomic E-state index is 0.612. The van der Waals surface area contributed by atoms with Crippen molar-refractivity contribution in [1.29, 1.82) is 0 Å². The van der Waals surface area contributed by atoms with Crippen LogP contribution in [0.1, 0.15) is 28.7 Å². The van der Waals surface area contributed by atoms with E-state index in [1.165, 1.54) is 27.8 Å². The third-order valence-corrected chi connectivity index (χ3v) is 4.46. The van der Waals surface area contributed by atoms with Crippen molar-refractivity contribution in [3.8, 4) is 5.75 Å². The van der Waals surface area contributed by atoms with Crippen LogP contribution in [0.2, 0.25) is 0 Å². The highest BCUT2D eigenvalue weighted by atomic mass is 16.5. The number of hydrogen-bond acceptors (Lipinski definition) is 1. The molecule has 24 heavy (non-hydrogen) atoms. The molecule has 0 unspecified atom stereocenters. The van der Waals surface area contributed by atoms with E-state index in [0.29, 0.717) is 6.61 Å². The molecule has 1 aliphatic carbocycles. The number of hydrogen-bond donors (Lipinski definition) is 0. The fourth-order valence-electron chi connectivity index (χ4n) is 3.24. The van der Waals surface area contributed by atoms with Crippen LogP contribution in [0.15, 0.2) is 84.9 Å². The first-order chi connectivity index (χ1) is 11.9. The molecule has 0 aliphatic heterocycles. The molecule has 1 nitrogen and oxygen atoms in total. The monoisotopic (exact) mass is 312 g/mol. The highest BCUT2D eigenvalue weighted by molar-refractivity contribution is 5.82. The van der Waals surface area contributed by atoms with Gasteiger partial charge in [0.05, 0.1) is 0 Å². The Labute approximate surface area is 143 Å². The van der Waals surface area contributed by atoms with Gasteiger partial charge in [0, 0.05) is 0 Å². The van der Waals surface area contributed by atoms with E-state index >= 15 is 0 Å². The fourth-order valence-corrected chi connectivity index (χ4v) is 3.24. The van der Waals surface area contributed by atoms with Gasteiger partial charge in [-0.3, -0.25) is 0 Å². The van der Waals surface area contributed by atoms with Crippen molar-refractivity contribution < 1.29 is 4.74 Å². The van der Waals surface area contributed by atoms with Crippen LogP contribution < -0.4 is 4.74 Å². The molecule has 3 aromatic carbocycles. The summed E-state index contributed by atoms with van der Waals surface area (Å²) in [6, 6.07) is 27.4. The lowest BCUT2D eigenvalue weighted by molar-refractivity contribution is 0.306. The molecule has 0 saturated carbocycles. The molecule has 0 N–H and O–H groups in total. The van der Waals surface area contributed by atoms with Crippen molar-refractivity contribution in [1.82, 2.24) is 0 Å². The van der Waals surface area contributed by atoms with Gasteiger partial charge in [-0.2, -0.15) is 0 Å². The SMILES string of the molecule is C1=C(c2ccccc2)c2ccc(OCc3ccccc3)cc2CC1. The molecule has 1 heteroatoms. The first-order valence-electron chi connectivity index (χ1n) is 8.46. The Morgan fingerprint density at radius 1 is 0.792 bits per heavy atom. The van der Waals surface area contributed by atoms with Gasteiger partial charge in [-0.05, 0) is 52.8 Å². The second-order valence-electron chi connectivity index (χ2n) is 6.12. The molecular weight excluding hydrogens is 292 g/mol. The van der Waals surface area contributed by atoms with E-state index in [2.05, 4.69) is 66.7 Å². The zero-order valence-electron chi connectivity index (χ0n) is 13.6. The number of benzene rings is 3. The zero-order valence-corrected chi connectivity index (χ0v) is 13.6. The standard InChI is InChI=1S/C23H20O/c1-3-8-18(9-4-1)17-24-21-14-15-23-20(16-21)12-7-13-22(23)19-10-5-2-6-11-19/h1-6,8-11,13-16H,7,12,17H2. The smallest absolute Gasteiger partial charge is 0.120 e. The largest absolute Gasteiger partial charge is 0.489 e. The molecular formula is C23H20O. The molecule has 0 saturated heterocycles. The van der Waals surface area contributed by atoms with Crippen molar-refractivity contribution in [2.45, 2.75) is 19.4 Å². The van der Waals surface area contributed by atoms with Crippen LogP contribution in [0, 0.1) is 0 Å². The Kier molecular flexibility index (Phi) is 4.16. The van der Waals surface area contributed by atoms with Gasteiger partial charge in [-0.15, -0.1) is 0 Å². The molecule has 3 aromatic rings. The van der Waals surface area contributed by atoms with Crippen molar-refractivity contribution in [2.75, 3.05) is 0 Å². The topological polar surface area (TPSA) is 9.23 Å². The Bertz CT molecular complexity index is 848. The van der Waals surface area contributed by atoms with E-state index in [4.69, 9.17) is 4.74 Å². The Morgan fingerprint density at radius 3 is 2.33 bits per heavy atom. The third-order valence-electron chi connectivity index (χ3n) is 4.46. The van der Waals surface area contributed by atoms with E-state index in [1.54, 1.807) is 0 Å². The Hall–Kier alpha value is -2.80. The first kappa shape index (κ1) is 14.8. The van der Waals surface area contributed by atoms with Gasteiger partial charge in [0.1, 0.15) is 12.4 Å². The Morgan fingerprint density at radius 2 is 1.54 bits per heavy atom. The lowest BCUT2D eigenvalue weighted by Crippen LogP contribution is -2.02. The molecule has 0 bridgehead atoms. The zero-order chi connectivity index (χ0) is 16.2. The number of aryl methyl sites for hydroxylation is 1. The summed E-state index contributed by atoms with van der Waals surface area (Å²) in [5.74, 6) is 0.951. The molecule has 118 valence electrons. The highest BCUT2D eigenvalue weighted by Crippen LogP contribution is 2.33. The number of allylic oxidation sites excluding steroid dienone is 1. The van der Waals surface area contributed by atoms with Crippen molar-refractivity contribution in [3.63, 3.8) is 0 Å². The van der Waals surface area contributed by atoms with Crippen LogP contribution in [-0.2, 0) is 13.0 Å². The van der Waals surface area contributed by atoms with E-state index in [0.717, 1.165) is 18.6 Å². The van der Waals surface area contributed by atoms with Crippen LogP contribution in [0.25, 0.3) is 5.57 Å². The molecule has 0 heterocycles. The minimum Gasteiger partial charge on any atom is -0.489 e. The summed E-state index contributed by atoms with van der Waals surface area (Å²) in [5.41, 5.74) is 6.53. The summed E-state index contributed by atoms with van der Waals surface area (Å²) in [6.07, 6.45) is 4.51. The number of rotatable bonds is 4. The van der Waals surface area contributed by atoms with Crippen molar-refractivity contribution in [2.24, 2.45) is 0 Å². The molecule has 0 amide bonds. The average Bonchev–Trinajstić information content (AvgIpc) is 2.67. The summed E-state index contributed by atoms with van der Waals surface area (Å²) < 4.78 is 5.98. The molecule has 4 rings (SSSR count). The predicted molar refractivity (Wildman–Crippen MR) is 99.1 cm³/mol. The minimum absolute atomic E-state index is 0.612. The number of ether oxygens (including phenoxy) is 1. The molecule has 0 aromatic heterocycles. The summed E-state index contributed by atoms with van der Waals surface area (Å²) in [6.45, 7) is 0.612. The highest BCUT2D eigenvalue weighted by Gasteiger charge is 2.14. The first-order valence-corrected chi connectivity index (χ1v) is 8.46. The second kappa shape index (κ2) is 6.76. The maximum Gasteiger partial charge on any atom is 0.120 e. The lowest BCUT2D eigenvalue weighted by Gasteiger charge is -2.19. The van der Waals surface area contributed by atoms with Gasteiger partial charge in [-0.25, -0.2) is 0 Å². The van der Waals surface area contributed by atoms with Gasteiger partial charge in [0.15, 0.2) is 0 Å². The van der Waals surface area contributed by atoms with Crippen LogP contribution in [0.3, 0.4) is 0 Å². The van der Waals surface area contributed by atoms with E-state index in [9.17, 15) is 0 Å². The molecule has 0 fully saturated rings. The van der Waals surface area contributed by atoms with Gasteiger partial charge >= 0.3 is 0 Å². The van der Waals surface area contributed by atoms with Crippen molar-refractivity contribution in [3.05, 3.63) is 107 Å². The maximum atomic E-state index is 5.98. The van der Waals surface area contributed by atoms with Crippen molar-refractivity contribution >= 4 is 5.57 Å². The van der Waals surface area contributed by atoms with Crippen LogP contribution >= 0.6 is 0 Å². The van der Waals surface area contributed by atoms with E-state index in [1.807, 2.05) is 18.2 Å². The summed E-state index contributed by atoms with van der Waals surface area (Å²) in [7, 11) is 0. The number of fused-ring (bicyclic) bond motifs is 1. The van der Waals surface area contributed by atoms with Gasteiger partial charge < -0.3 is 4.74 Å². The average molecular weight is 312 g/mol. The summed E-state index contributed by atoms with van der Waals surface area (Å²) in [4.78, 5) is 0. The van der Waals surface area contributed by atoms with E-state index < -0.39 is 0 Å². The normalized spacial score (nSPS) is 13.1. The lowest BCUT2D eigenvalue weighted by atomic mass is 9.87. The molecule has 1 aliphatic rings. The summed E-state index contributed by atoms with van der Waals surface area (Å²) in [5, 5.41) is 0. The summed E-state index contributed by atoms with van der Waals surface area (Å²) >= 11 is 0. The van der Waals surface area contributed by atoms with Gasteiger partial charge in [0.25, 0.3) is 0 Å². The molecule has 0 atom stereocenters. The Balaban J connectivity index is 1.57. The van der Waals surface area contributed by atoms with E-state index in [-0.39, 0.29) is 0 Å². The molecule has 0 spiro atoms. The van der Waals surface area contributed by atoms with Gasteiger partial charge in [0.2, 0.25) is 0 Å². The third kappa shape index (κ3) is 3.11. The van der Waals surface area contributed by atoms with Crippen LogP contribution in [-0.4, -0.2) is 0 Å². The maximum absolute atomic E-state index is 5.98. The molecule has 0 radical (unpaired) electrons. The van der Waals surface area contributed by atoms with Crippen LogP contribution in [0.5, 0.6) is 5.75 Å².